The van der Waals surface area contributed by atoms with E-state index in [-0.39, 0.29) is 23.7 Å². The van der Waals surface area contributed by atoms with Crippen LogP contribution in [0.5, 0.6) is 5.75 Å². The first-order valence-electron chi connectivity index (χ1n) is 11.2. The van der Waals surface area contributed by atoms with Crippen LogP contribution in [-0.2, 0) is 22.6 Å². The zero-order chi connectivity index (χ0) is 22.9. The van der Waals surface area contributed by atoms with Crippen molar-refractivity contribution in [3.63, 3.8) is 0 Å². The smallest absolute Gasteiger partial charge is 0.240 e. The highest BCUT2D eigenvalue weighted by atomic mass is 19.1. The maximum atomic E-state index is 14.1. The largest absolute Gasteiger partial charge is 0.493 e. The highest BCUT2D eigenvalue weighted by Gasteiger charge is 2.31. The quantitative estimate of drug-likeness (QED) is 0.595. The molecule has 0 aliphatic carbocycles. The van der Waals surface area contributed by atoms with Gasteiger partial charge in [0.1, 0.15) is 11.6 Å². The molecule has 0 radical (unpaired) electrons. The molecule has 2 amide bonds. The summed E-state index contributed by atoms with van der Waals surface area (Å²) < 4.78 is 19.7. The van der Waals surface area contributed by atoms with E-state index in [1.165, 1.54) is 19.1 Å². The van der Waals surface area contributed by atoms with E-state index in [9.17, 15) is 14.0 Å². The number of rotatable bonds is 10. The lowest BCUT2D eigenvalue weighted by Gasteiger charge is -2.35. The van der Waals surface area contributed by atoms with Crippen molar-refractivity contribution in [3.8, 4) is 5.75 Å². The predicted molar refractivity (Wildman–Crippen MR) is 122 cm³/mol. The van der Waals surface area contributed by atoms with E-state index in [0.29, 0.717) is 44.8 Å². The molecule has 172 valence electrons. The van der Waals surface area contributed by atoms with Gasteiger partial charge in [-0.25, -0.2) is 4.39 Å². The topological polar surface area (TPSA) is 70.7 Å². The van der Waals surface area contributed by atoms with Gasteiger partial charge in [-0.3, -0.25) is 9.59 Å². The van der Waals surface area contributed by atoms with E-state index in [0.717, 1.165) is 17.5 Å². The fourth-order valence-corrected chi connectivity index (χ4v) is 4.03. The molecule has 1 fully saturated rings. The molecule has 0 spiro atoms. The Morgan fingerprint density at radius 1 is 1.25 bits per heavy atom. The molecule has 1 aliphatic rings. The Kier molecular flexibility index (Phi) is 8.62. The number of nitrogens with one attached hydrogen (secondary N) is 2. The Labute approximate surface area is 189 Å². The molecule has 3 rings (SSSR count). The van der Waals surface area contributed by atoms with Crippen LogP contribution in [0.15, 0.2) is 48.5 Å². The molecule has 2 aromatic rings. The minimum atomic E-state index is -0.409. The van der Waals surface area contributed by atoms with Crippen molar-refractivity contribution >= 4 is 11.8 Å². The van der Waals surface area contributed by atoms with E-state index >= 15 is 0 Å². The summed E-state index contributed by atoms with van der Waals surface area (Å²) in [5.41, 5.74) is 1.80. The summed E-state index contributed by atoms with van der Waals surface area (Å²) in [5.74, 6) is -0.0691. The van der Waals surface area contributed by atoms with Crippen molar-refractivity contribution < 1.29 is 18.7 Å². The Hall–Kier alpha value is -2.93. The van der Waals surface area contributed by atoms with Crippen LogP contribution in [0.3, 0.4) is 0 Å². The summed E-state index contributed by atoms with van der Waals surface area (Å²) in [4.78, 5) is 26.8. The molecule has 2 aromatic carbocycles. The van der Waals surface area contributed by atoms with Gasteiger partial charge in [0.05, 0.1) is 12.6 Å². The molecular formula is C25H32FN3O3. The van der Waals surface area contributed by atoms with Crippen molar-refractivity contribution in [3.05, 3.63) is 65.5 Å². The monoisotopic (exact) mass is 441 g/mol. The number of halogens is 1. The van der Waals surface area contributed by atoms with Crippen LogP contribution >= 0.6 is 0 Å². The van der Waals surface area contributed by atoms with E-state index in [1.54, 1.807) is 6.07 Å². The Balaban J connectivity index is 1.69. The number of hydrogen-bond acceptors (Lipinski definition) is 4. The summed E-state index contributed by atoms with van der Waals surface area (Å²) in [7, 11) is 0. The second kappa shape index (κ2) is 11.6. The molecule has 2 atom stereocenters. The highest BCUT2D eigenvalue weighted by Crippen LogP contribution is 2.20. The maximum Gasteiger partial charge on any atom is 0.240 e. The number of amides is 2. The Morgan fingerprint density at radius 2 is 2.03 bits per heavy atom. The van der Waals surface area contributed by atoms with Crippen LogP contribution in [0.2, 0.25) is 0 Å². The summed E-state index contributed by atoms with van der Waals surface area (Å²) in [6.07, 6.45) is 1.66. The van der Waals surface area contributed by atoms with Crippen molar-refractivity contribution in [2.45, 2.75) is 51.7 Å². The van der Waals surface area contributed by atoms with Crippen molar-refractivity contribution in [2.24, 2.45) is 0 Å². The van der Waals surface area contributed by atoms with Gasteiger partial charge in [0.2, 0.25) is 11.8 Å². The molecule has 1 saturated heterocycles. The van der Waals surface area contributed by atoms with E-state index in [2.05, 4.69) is 10.6 Å². The molecule has 1 aliphatic heterocycles. The van der Waals surface area contributed by atoms with Gasteiger partial charge in [-0.15, -0.1) is 0 Å². The number of benzene rings is 2. The lowest BCUT2D eigenvalue weighted by Crippen LogP contribution is -2.56. The zero-order valence-electron chi connectivity index (χ0n) is 18.8. The molecule has 6 nitrogen and oxygen atoms in total. The summed E-state index contributed by atoms with van der Waals surface area (Å²) >= 11 is 0. The lowest BCUT2D eigenvalue weighted by atomic mass is 9.97. The fraction of sp³-hybridized carbons (Fsp3) is 0.440. The molecule has 1 heterocycles. The number of nitrogens with zero attached hydrogens (tertiary/aromatic N) is 1. The van der Waals surface area contributed by atoms with Crippen molar-refractivity contribution in [2.75, 3.05) is 19.7 Å². The second-order valence-electron chi connectivity index (χ2n) is 8.23. The zero-order valence-corrected chi connectivity index (χ0v) is 18.8. The average Bonchev–Trinajstić information content (AvgIpc) is 2.75. The third-order valence-electron chi connectivity index (χ3n) is 5.41. The number of hydrogen-bond donors (Lipinski definition) is 2. The standard InChI is InChI=1S/C25H32FN3O3/c1-3-11-32-23-14-20(12-21(26)15-23)13-22(28-18(2)30)16-24-25(31)29(10-9-27-24)17-19-7-5-4-6-8-19/h4-8,12,14-15,22,24,27H,3,9-11,13,16-17H2,1-2H3,(H,28,30)/t22-,24-/m0/s1. The van der Waals surface area contributed by atoms with Gasteiger partial charge >= 0.3 is 0 Å². The van der Waals surface area contributed by atoms with E-state index in [4.69, 9.17) is 4.74 Å². The van der Waals surface area contributed by atoms with Crippen LogP contribution in [0, 0.1) is 5.82 Å². The van der Waals surface area contributed by atoms with Crippen LogP contribution in [0.1, 0.15) is 37.8 Å². The molecule has 0 saturated carbocycles. The average molecular weight is 442 g/mol. The SMILES string of the molecule is CCCOc1cc(F)cc(C[C@@H](C[C@@H]2NCCN(Cc3ccccc3)C2=O)NC(C)=O)c1. The van der Waals surface area contributed by atoms with Gasteiger partial charge in [0, 0.05) is 38.7 Å². The molecule has 2 N–H and O–H groups in total. The second-order valence-corrected chi connectivity index (χ2v) is 8.23. The Morgan fingerprint density at radius 3 is 2.75 bits per heavy atom. The number of piperazine rings is 1. The number of ether oxygens (including phenoxy) is 1. The van der Waals surface area contributed by atoms with Crippen molar-refractivity contribution in [1.82, 2.24) is 15.5 Å². The number of carbonyl (C=O) groups excluding carboxylic acids is 2. The van der Waals surface area contributed by atoms with Gasteiger partial charge in [0.15, 0.2) is 0 Å². The van der Waals surface area contributed by atoms with Crippen LogP contribution in [0.4, 0.5) is 4.39 Å². The molecule has 0 unspecified atom stereocenters. The summed E-state index contributed by atoms with van der Waals surface area (Å²) in [5, 5.41) is 6.21. The predicted octanol–water partition coefficient (Wildman–Crippen LogP) is 3.05. The molecule has 0 bridgehead atoms. The first kappa shape index (κ1) is 23.7. The summed E-state index contributed by atoms with van der Waals surface area (Å²) in [6, 6.07) is 13.8. The first-order valence-corrected chi connectivity index (χ1v) is 11.2. The third-order valence-corrected chi connectivity index (χ3v) is 5.41. The molecular weight excluding hydrogens is 409 g/mol. The molecule has 0 aromatic heterocycles. The molecule has 7 heteroatoms. The van der Waals surface area contributed by atoms with Gasteiger partial charge in [-0.2, -0.15) is 0 Å². The van der Waals surface area contributed by atoms with Gasteiger partial charge in [-0.05, 0) is 42.5 Å². The van der Waals surface area contributed by atoms with Gasteiger partial charge < -0.3 is 20.3 Å². The minimum Gasteiger partial charge on any atom is -0.493 e. The third kappa shape index (κ3) is 7.05. The molecule has 32 heavy (non-hydrogen) atoms. The highest BCUT2D eigenvalue weighted by molar-refractivity contribution is 5.83. The Bertz CT molecular complexity index is 907. The van der Waals surface area contributed by atoms with Crippen LogP contribution in [0.25, 0.3) is 0 Å². The normalized spacial score (nSPS) is 17.2. The lowest BCUT2D eigenvalue weighted by molar-refractivity contribution is -0.137. The van der Waals surface area contributed by atoms with Crippen molar-refractivity contribution in [1.29, 1.82) is 0 Å². The van der Waals surface area contributed by atoms with Crippen LogP contribution < -0.4 is 15.4 Å². The number of carbonyl (C=O) groups is 2. The minimum absolute atomic E-state index is 0.0154. The van der Waals surface area contributed by atoms with E-state index < -0.39 is 6.04 Å². The van der Waals surface area contributed by atoms with Crippen LogP contribution in [-0.4, -0.2) is 48.5 Å². The summed E-state index contributed by atoms with van der Waals surface area (Å²) in [6.45, 7) is 5.83. The van der Waals surface area contributed by atoms with Gasteiger partial charge in [-0.1, -0.05) is 37.3 Å². The maximum absolute atomic E-state index is 14.1. The van der Waals surface area contributed by atoms with Gasteiger partial charge in [0.25, 0.3) is 0 Å². The first-order chi connectivity index (χ1) is 15.4. The van der Waals surface area contributed by atoms with E-state index in [1.807, 2.05) is 42.2 Å². The fourth-order valence-electron chi connectivity index (χ4n) is 4.03.